The van der Waals surface area contributed by atoms with Gasteiger partial charge in [-0.3, -0.25) is 0 Å². The van der Waals surface area contributed by atoms with Crippen molar-refractivity contribution in [1.82, 2.24) is 9.97 Å². The van der Waals surface area contributed by atoms with Crippen molar-refractivity contribution in [2.45, 2.75) is 6.54 Å². The van der Waals surface area contributed by atoms with E-state index in [9.17, 15) is 0 Å². The fourth-order valence-electron chi connectivity index (χ4n) is 1.75. The Morgan fingerprint density at radius 1 is 1.00 bits per heavy atom. The molecule has 3 nitrogen and oxygen atoms in total. The van der Waals surface area contributed by atoms with Crippen molar-refractivity contribution in [1.29, 1.82) is 0 Å². The number of thiophene rings is 1. The summed E-state index contributed by atoms with van der Waals surface area (Å²) in [6.07, 6.45) is 3.64. The van der Waals surface area contributed by atoms with Crippen molar-refractivity contribution >= 4 is 17.0 Å². The van der Waals surface area contributed by atoms with Gasteiger partial charge in [0.05, 0.1) is 18.1 Å². The van der Waals surface area contributed by atoms with E-state index in [1.54, 1.807) is 11.3 Å². The van der Waals surface area contributed by atoms with Gasteiger partial charge < -0.3 is 5.32 Å². The van der Waals surface area contributed by atoms with E-state index in [0.717, 1.165) is 23.6 Å². The van der Waals surface area contributed by atoms with E-state index >= 15 is 0 Å². The predicted octanol–water partition coefficient (Wildman–Crippen LogP) is 3.82. The van der Waals surface area contributed by atoms with Crippen LogP contribution in [-0.4, -0.2) is 9.97 Å². The second kappa shape index (κ2) is 5.63. The Bertz CT molecular complexity index is 618. The number of benzene rings is 1. The van der Waals surface area contributed by atoms with Crippen LogP contribution in [0, 0.1) is 0 Å². The second-order valence-corrected chi connectivity index (χ2v) is 4.93. The molecule has 0 atom stereocenters. The Balaban J connectivity index is 1.69. The van der Waals surface area contributed by atoms with Crippen molar-refractivity contribution in [3.63, 3.8) is 0 Å². The molecule has 0 saturated heterocycles. The van der Waals surface area contributed by atoms with Crippen molar-refractivity contribution in [2.24, 2.45) is 0 Å². The standard InChI is InChI=1S/C15H13N3S/c1-2-4-13(5-3-1)15-17-9-14(10-18-15)16-8-12-6-7-19-11-12/h1-7,9-11,16H,8H2. The third-order valence-electron chi connectivity index (χ3n) is 2.76. The Morgan fingerprint density at radius 2 is 1.79 bits per heavy atom. The summed E-state index contributed by atoms with van der Waals surface area (Å²) < 4.78 is 0. The van der Waals surface area contributed by atoms with Crippen molar-refractivity contribution < 1.29 is 0 Å². The van der Waals surface area contributed by atoms with Crippen LogP contribution in [0.5, 0.6) is 0 Å². The molecule has 4 heteroatoms. The van der Waals surface area contributed by atoms with Crippen LogP contribution in [0.25, 0.3) is 11.4 Å². The third-order valence-corrected chi connectivity index (χ3v) is 3.49. The smallest absolute Gasteiger partial charge is 0.159 e. The molecular weight excluding hydrogens is 254 g/mol. The maximum absolute atomic E-state index is 4.38. The topological polar surface area (TPSA) is 37.8 Å². The van der Waals surface area contributed by atoms with E-state index in [2.05, 4.69) is 32.1 Å². The molecule has 0 aliphatic carbocycles. The van der Waals surface area contributed by atoms with E-state index < -0.39 is 0 Å². The van der Waals surface area contributed by atoms with Crippen LogP contribution in [-0.2, 0) is 6.54 Å². The maximum Gasteiger partial charge on any atom is 0.159 e. The fraction of sp³-hybridized carbons (Fsp3) is 0.0667. The lowest BCUT2D eigenvalue weighted by Crippen LogP contribution is -1.99. The minimum Gasteiger partial charge on any atom is -0.378 e. The van der Waals surface area contributed by atoms with Crippen LogP contribution in [0.15, 0.2) is 59.6 Å². The molecule has 19 heavy (non-hydrogen) atoms. The van der Waals surface area contributed by atoms with Gasteiger partial charge in [-0.05, 0) is 22.4 Å². The lowest BCUT2D eigenvalue weighted by molar-refractivity contribution is 1.11. The summed E-state index contributed by atoms with van der Waals surface area (Å²) in [5, 5.41) is 7.51. The normalized spacial score (nSPS) is 10.3. The number of hydrogen-bond acceptors (Lipinski definition) is 4. The zero-order valence-electron chi connectivity index (χ0n) is 10.3. The molecule has 0 radical (unpaired) electrons. The molecule has 0 amide bonds. The van der Waals surface area contributed by atoms with Crippen LogP contribution in [0.4, 0.5) is 5.69 Å². The van der Waals surface area contributed by atoms with E-state index in [1.165, 1.54) is 5.56 Å². The molecule has 2 aromatic heterocycles. The average Bonchev–Trinajstić information content (AvgIpc) is 3.00. The summed E-state index contributed by atoms with van der Waals surface area (Å²) in [6, 6.07) is 12.1. The van der Waals surface area contributed by atoms with Crippen molar-refractivity contribution in [2.75, 3.05) is 5.32 Å². The van der Waals surface area contributed by atoms with Crippen molar-refractivity contribution in [3.05, 3.63) is 65.1 Å². The highest BCUT2D eigenvalue weighted by molar-refractivity contribution is 7.07. The monoisotopic (exact) mass is 267 g/mol. The molecule has 0 bridgehead atoms. The average molecular weight is 267 g/mol. The zero-order chi connectivity index (χ0) is 12.9. The van der Waals surface area contributed by atoms with Crippen LogP contribution < -0.4 is 5.32 Å². The first-order chi connectivity index (χ1) is 9.42. The molecule has 3 aromatic rings. The predicted molar refractivity (Wildman–Crippen MR) is 79.1 cm³/mol. The first kappa shape index (κ1) is 11.9. The quantitative estimate of drug-likeness (QED) is 0.781. The number of nitrogens with one attached hydrogen (secondary N) is 1. The van der Waals surface area contributed by atoms with E-state index in [-0.39, 0.29) is 0 Å². The van der Waals surface area contributed by atoms with Gasteiger partial charge in [0.15, 0.2) is 5.82 Å². The minimum absolute atomic E-state index is 0.752. The summed E-state index contributed by atoms with van der Waals surface area (Å²) in [7, 11) is 0. The molecule has 1 N–H and O–H groups in total. The molecular formula is C15H13N3S. The van der Waals surface area contributed by atoms with Gasteiger partial charge in [-0.25, -0.2) is 9.97 Å². The van der Waals surface area contributed by atoms with Crippen LogP contribution in [0.2, 0.25) is 0 Å². The number of nitrogens with zero attached hydrogens (tertiary/aromatic N) is 2. The fourth-order valence-corrected chi connectivity index (χ4v) is 2.42. The van der Waals surface area contributed by atoms with Gasteiger partial charge in [-0.15, -0.1) is 0 Å². The lowest BCUT2D eigenvalue weighted by Gasteiger charge is -2.05. The Labute approximate surface area is 116 Å². The van der Waals surface area contributed by atoms with Crippen molar-refractivity contribution in [3.8, 4) is 11.4 Å². The van der Waals surface area contributed by atoms with E-state index in [0.29, 0.717) is 0 Å². The van der Waals surface area contributed by atoms with Gasteiger partial charge in [0.2, 0.25) is 0 Å². The first-order valence-electron chi connectivity index (χ1n) is 6.04. The summed E-state index contributed by atoms with van der Waals surface area (Å²) in [5.41, 5.74) is 3.25. The molecule has 3 rings (SSSR count). The SMILES string of the molecule is c1ccc(-c2ncc(NCc3ccsc3)cn2)cc1. The molecule has 0 fully saturated rings. The van der Waals surface area contributed by atoms with E-state index in [1.807, 2.05) is 42.7 Å². The number of hydrogen-bond donors (Lipinski definition) is 1. The molecule has 1 aromatic carbocycles. The third kappa shape index (κ3) is 2.98. The summed E-state index contributed by atoms with van der Waals surface area (Å²) in [6.45, 7) is 0.803. The molecule has 0 saturated carbocycles. The van der Waals surface area contributed by atoms with Gasteiger partial charge in [-0.1, -0.05) is 30.3 Å². The lowest BCUT2D eigenvalue weighted by atomic mass is 10.2. The highest BCUT2D eigenvalue weighted by Gasteiger charge is 2.00. The number of aromatic nitrogens is 2. The Morgan fingerprint density at radius 3 is 2.47 bits per heavy atom. The Kier molecular flexibility index (Phi) is 3.51. The minimum atomic E-state index is 0.752. The van der Waals surface area contributed by atoms with Gasteiger partial charge >= 0.3 is 0 Å². The molecule has 94 valence electrons. The first-order valence-corrected chi connectivity index (χ1v) is 6.98. The largest absolute Gasteiger partial charge is 0.378 e. The zero-order valence-corrected chi connectivity index (χ0v) is 11.1. The summed E-state index contributed by atoms with van der Waals surface area (Å²) >= 11 is 1.70. The highest BCUT2D eigenvalue weighted by Crippen LogP contribution is 2.15. The van der Waals surface area contributed by atoms with Crippen LogP contribution >= 0.6 is 11.3 Å². The van der Waals surface area contributed by atoms with E-state index in [4.69, 9.17) is 0 Å². The molecule has 0 aliphatic rings. The maximum atomic E-state index is 4.38. The number of rotatable bonds is 4. The second-order valence-electron chi connectivity index (χ2n) is 4.15. The van der Waals surface area contributed by atoms with Gasteiger partial charge in [-0.2, -0.15) is 11.3 Å². The van der Waals surface area contributed by atoms with Gasteiger partial charge in [0, 0.05) is 12.1 Å². The highest BCUT2D eigenvalue weighted by atomic mass is 32.1. The molecule has 0 unspecified atom stereocenters. The summed E-state index contributed by atoms with van der Waals surface area (Å²) in [4.78, 5) is 8.76. The van der Waals surface area contributed by atoms with Crippen LogP contribution in [0.1, 0.15) is 5.56 Å². The Hall–Kier alpha value is -2.20. The molecule has 0 aliphatic heterocycles. The van der Waals surface area contributed by atoms with Gasteiger partial charge in [0.1, 0.15) is 0 Å². The summed E-state index contributed by atoms with van der Waals surface area (Å²) in [5.74, 6) is 0.752. The number of anilines is 1. The van der Waals surface area contributed by atoms with Gasteiger partial charge in [0.25, 0.3) is 0 Å². The molecule has 2 heterocycles. The molecule has 0 spiro atoms. The van der Waals surface area contributed by atoms with Crippen LogP contribution in [0.3, 0.4) is 0 Å².